The third-order valence-electron chi connectivity index (χ3n) is 6.84. The maximum Gasteiger partial charge on any atom is 0.416 e. The van der Waals surface area contributed by atoms with Gasteiger partial charge in [-0.15, -0.1) is 0 Å². The Morgan fingerprint density at radius 2 is 1.82 bits per heavy atom. The number of halogens is 3. The van der Waals surface area contributed by atoms with E-state index in [1.807, 2.05) is 42.5 Å². The van der Waals surface area contributed by atoms with Crippen molar-refractivity contribution in [3.63, 3.8) is 0 Å². The molecule has 4 aromatic rings. The van der Waals surface area contributed by atoms with Crippen LogP contribution in [0.15, 0.2) is 82.6 Å². The lowest BCUT2D eigenvalue weighted by Gasteiger charge is -2.33. The topological polar surface area (TPSA) is 62.5 Å². The Kier molecular flexibility index (Phi) is 7.13. The molecule has 1 aliphatic rings. The van der Waals surface area contributed by atoms with E-state index in [1.165, 1.54) is 10.6 Å². The fourth-order valence-corrected chi connectivity index (χ4v) is 6.26. The summed E-state index contributed by atoms with van der Waals surface area (Å²) in [5.41, 5.74) is 1.09. The van der Waals surface area contributed by atoms with Gasteiger partial charge in [0, 0.05) is 17.7 Å². The molecular formula is C30H25F3N2O3S. The van der Waals surface area contributed by atoms with Crippen LogP contribution in [0.1, 0.15) is 35.2 Å². The monoisotopic (exact) mass is 550 g/mol. The van der Waals surface area contributed by atoms with E-state index in [9.17, 15) is 27.9 Å². The quantitative estimate of drug-likeness (QED) is 0.274. The number of pyridine rings is 1. The summed E-state index contributed by atoms with van der Waals surface area (Å²) in [7, 11) is 1.70. The molecule has 1 atom stereocenters. The average molecular weight is 551 g/mol. The minimum absolute atomic E-state index is 0.0624. The first-order valence-corrected chi connectivity index (χ1v) is 13.1. The molecule has 0 saturated carbocycles. The van der Waals surface area contributed by atoms with Crippen LogP contribution < -0.4 is 5.56 Å². The molecule has 9 heteroatoms. The highest BCUT2D eigenvalue weighted by atomic mass is 32.2. The van der Waals surface area contributed by atoms with Gasteiger partial charge < -0.3 is 5.11 Å². The number of carboxylic acids is 1. The van der Waals surface area contributed by atoms with Crippen LogP contribution in [0, 0.1) is 0 Å². The van der Waals surface area contributed by atoms with Gasteiger partial charge in [0.25, 0.3) is 5.56 Å². The molecule has 0 radical (unpaired) electrons. The van der Waals surface area contributed by atoms with Gasteiger partial charge in [-0.2, -0.15) is 13.2 Å². The molecule has 0 bridgehead atoms. The summed E-state index contributed by atoms with van der Waals surface area (Å²) in [4.78, 5) is 26.2. The Hall–Kier alpha value is -3.82. The molecule has 200 valence electrons. The second-order valence-electron chi connectivity index (χ2n) is 9.40. The number of aromatic nitrogens is 1. The minimum Gasteiger partial charge on any atom is -0.480 e. The fourth-order valence-electron chi connectivity index (χ4n) is 5.11. The summed E-state index contributed by atoms with van der Waals surface area (Å²) in [5.74, 6) is -1.19. The van der Waals surface area contributed by atoms with Gasteiger partial charge >= 0.3 is 12.1 Å². The number of carboxylic acid groups (broad SMARTS) is 1. The Labute approximate surface area is 227 Å². The van der Waals surface area contributed by atoms with E-state index in [4.69, 9.17) is 0 Å². The Bertz CT molecular complexity index is 1670. The number of rotatable bonds is 5. The predicted molar refractivity (Wildman–Crippen MR) is 148 cm³/mol. The molecule has 0 saturated heterocycles. The van der Waals surface area contributed by atoms with Crippen LogP contribution >= 0.6 is 11.9 Å². The normalized spacial score (nSPS) is 16.1. The summed E-state index contributed by atoms with van der Waals surface area (Å²) in [6.07, 6.45) is -1.01. The molecule has 0 amide bonds. The van der Waals surface area contributed by atoms with Gasteiger partial charge in [0.15, 0.2) is 0 Å². The van der Waals surface area contributed by atoms with E-state index in [2.05, 4.69) is 0 Å². The van der Waals surface area contributed by atoms with Crippen LogP contribution in [0.25, 0.3) is 28.0 Å². The van der Waals surface area contributed by atoms with Crippen LogP contribution in [-0.4, -0.2) is 33.5 Å². The lowest BCUT2D eigenvalue weighted by molar-refractivity contribution is -0.141. The summed E-state index contributed by atoms with van der Waals surface area (Å²) in [5, 5.41) is 12.3. The number of hydrogen-bond acceptors (Lipinski definition) is 4. The number of allylic oxidation sites excluding steroid dienone is 1. The summed E-state index contributed by atoms with van der Waals surface area (Å²) < 4.78 is 44.3. The van der Waals surface area contributed by atoms with Crippen molar-refractivity contribution in [2.75, 3.05) is 13.6 Å². The van der Waals surface area contributed by atoms with Gasteiger partial charge in [-0.25, -0.2) is 9.10 Å². The SMILES string of the molecule is C/C=C\c1c(Cc2cccc3ccccc23)c(-c2cccc(C(F)(F)F)c2)c2n(c1=O)C(C(=O)O)CN(C)S2. The number of benzene rings is 3. The zero-order valence-corrected chi connectivity index (χ0v) is 22.0. The largest absolute Gasteiger partial charge is 0.480 e. The maximum absolute atomic E-state index is 13.9. The van der Waals surface area contributed by atoms with Crippen molar-refractivity contribution >= 4 is 34.8 Å². The number of nitrogens with zero attached hydrogens (tertiary/aromatic N) is 2. The molecule has 1 aliphatic heterocycles. The fraction of sp³-hybridized carbons (Fsp3) is 0.200. The smallest absolute Gasteiger partial charge is 0.416 e. The number of carbonyl (C=O) groups is 1. The van der Waals surface area contributed by atoms with Crippen molar-refractivity contribution in [1.82, 2.24) is 8.87 Å². The van der Waals surface area contributed by atoms with Gasteiger partial charge in [-0.05, 0) is 71.9 Å². The Morgan fingerprint density at radius 1 is 1.10 bits per heavy atom. The first-order valence-electron chi connectivity index (χ1n) is 12.3. The molecule has 0 spiro atoms. The molecule has 0 aliphatic carbocycles. The summed E-state index contributed by atoms with van der Waals surface area (Å²) in [6, 6.07) is 17.4. The van der Waals surface area contributed by atoms with Crippen molar-refractivity contribution in [3.05, 3.63) is 105 Å². The lowest BCUT2D eigenvalue weighted by atomic mass is 9.89. The van der Waals surface area contributed by atoms with Crippen molar-refractivity contribution in [2.45, 2.75) is 30.6 Å². The zero-order chi connectivity index (χ0) is 27.9. The van der Waals surface area contributed by atoms with Crippen LogP contribution in [0.2, 0.25) is 0 Å². The molecule has 2 heterocycles. The van der Waals surface area contributed by atoms with Gasteiger partial charge in [0.2, 0.25) is 0 Å². The highest BCUT2D eigenvalue weighted by Crippen LogP contribution is 2.43. The first kappa shape index (κ1) is 26.8. The molecule has 39 heavy (non-hydrogen) atoms. The van der Waals surface area contributed by atoms with Gasteiger partial charge in [-0.3, -0.25) is 9.36 Å². The minimum atomic E-state index is -4.57. The van der Waals surface area contributed by atoms with Crippen molar-refractivity contribution in [3.8, 4) is 11.1 Å². The lowest BCUT2D eigenvalue weighted by Crippen LogP contribution is -2.42. The van der Waals surface area contributed by atoms with Gasteiger partial charge in [0.05, 0.1) is 5.56 Å². The summed E-state index contributed by atoms with van der Waals surface area (Å²) in [6.45, 7) is 1.80. The van der Waals surface area contributed by atoms with E-state index in [0.29, 0.717) is 16.2 Å². The number of likely N-dealkylation sites (N-methyl/N-ethyl adjacent to an activating group) is 1. The third-order valence-corrected chi connectivity index (χ3v) is 7.87. The van der Waals surface area contributed by atoms with Crippen LogP contribution in [0.5, 0.6) is 0 Å². The number of aliphatic carboxylic acids is 1. The third kappa shape index (κ3) is 4.99. The molecule has 0 fully saturated rings. The molecule has 1 N–H and O–H groups in total. The van der Waals surface area contributed by atoms with E-state index >= 15 is 0 Å². The number of hydrogen-bond donors (Lipinski definition) is 1. The molecular weight excluding hydrogens is 525 g/mol. The molecule has 3 aromatic carbocycles. The maximum atomic E-state index is 13.9. The van der Waals surface area contributed by atoms with Crippen molar-refractivity contribution < 1.29 is 23.1 Å². The number of fused-ring (bicyclic) bond motifs is 2. The molecule has 1 aromatic heterocycles. The summed E-state index contributed by atoms with van der Waals surface area (Å²) >= 11 is 1.16. The van der Waals surface area contributed by atoms with Crippen molar-refractivity contribution in [2.24, 2.45) is 0 Å². The zero-order valence-electron chi connectivity index (χ0n) is 21.2. The van der Waals surface area contributed by atoms with E-state index in [1.54, 1.807) is 36.5 Å². The second kappa shape index (κ2) is 10.4. The van der Waals surface area contributed by atoms with E-state index < -0.39 is 29.3 Å². The number of alkyl halides is 3. The van der Waals surface area contributed by atoms with Crippen LogP contribution in [0.3, 0.4) is 0 Å². The predicted octanol–water partition coefficient (Wildman–Crippen LogP) is 6.89. The van der Waals surface area contributed by atoms with Gasteiger partial charge in [-0.1, -0.05) is 66.7 Å². The van der Waals surface area contributed by atoms with Gasteiger partial charge in [0.1, 0.15) is 11.1 Å². The Morgan fingerprint density at radius 3 is 2.54 bits per heavy atom. The van der Waals surface area contributed by atoms with E-state index in [-0.39, 0.29) is 24.1 Å². The highest BCUT2D eigenvalue weighted by Gasteiger charge is 2.36. The average Bonchev–Trinajstić information content (AvgIpc) is 2.90. The first-order chi connectivity index (χ1) is 18.6. The highest BCUT2D eigenvalue weighted by molar-refractivity contribution is 7.97. The second-order valence-corrected chi connectivity index (χ2v) is 10.6. The molecule has 5 rings (SSSR count). The standard InChI is InChI=1S/C30H25F3N2O3S/c1-3-8-23-24(16-19-11-6-10-18-9-4-5-14-22(18)19)26(20-12-7-13-21(15-20)30(31,32)33)28-35(27(23)36)25(29(37)38)17-34(2)39-28/h3-15,25H,16-17H2,1-2H3,(H,37,38)/b8-3-. The van der Waals surface area contributed by atoms with Crippen LogP contribution in [0.4, 0.5) is 13.2 Å². The van der Waals surface area contributed by atoms with Crippen LogP contribution in [-0.2, 0) is 17.4 Å². The van der Waals surface area contributed by atoms with Crippen molar-refractivity contribution in [1.29, 1.82) is 0 Å². The molecule has 5 nitrogen and oxygen atoms in total. The molecule has 1 unspecified atom stereocenters. The van der Waals surface area contributed by atoms with E-state index in [0.717, 1.165) is 40.4 Å². The Balaban J connectivity index is 1.89.